The van der Waals surface area contributed by atoms with Crippen LogP contribution < -0.4 is 10.4 Å². The molecule has 0 saturated heterocycles. The molecule has 0 fully saturated rings. The van der Waals surface area contributed by atoms with Crippen LogP contribution in [0.2, 0.25) is 0 Å². The van der Waals surface area contributed by atoms with Gasteiger partial charge in [0.25, 0.3) is 5.89 Å². The minimum absolute atomic E-state index is 0.109. The van der Waals surface area contributed by atoms with Crippen molar-refractivity contribution in [3.05, 3.63) is 83.4 Å². The van der Waals surface area contributed by atoms with E-state index >= 15 is 0 Å². The van der Waals surface area contributed by atoms with Gasteiger partial charge in [0, 0.05) is 23.2 Å². The average Bonchev–Trinajstić information content (AvgIpc) is 3.34. The molecule has 0 aliphatic rings. The van der Waals surface area contributed by atoms with E-state index in [2.05, 4.69) is 15.5 Å². The van der Waals surface area contributed by atoms with E-state index in [9.17, 15) is 23.1 Å². The lowest BCUT2D eigenvalue weighted by Gasteiger charge is -2.21. The van der Waals surface area contributed by atoms with Crippen molar-refractivity contribution in [2.75, 3.05) is 0 Å². The Morgan fingerprint density at radius 2 is 1.64 bits per heavy atom. The summed E-state index contributed by atoms with van der Waals surface area (Å²) in [5.74, 6) is -0.583. The molecule has 0 aliphatic heterocycles. The molecular weight excluding hydrogens is 471 g/mol. The van der Waals surface area contributed by atoms with Crippen LogP contribution in [0.3, 0.4) is 0 Å². The number of aliphatic carboxylic acids is 1. The lowest BCUT2D eigenvalue weighted by molar-refractivity contribution is -0.308. The number of halogens is 3. The predicted molar refractivity (Wildman–Crippen MR) is 126 cm³/mol. The zero-order chi connectivity index (χ0) is 26.0. The van der Waals surface area contributed by atoms with Crippen LogP contribution in [0.1, 0.15) is 36.6 Å². The Morgan fingerprint density at radius 1 is 0.972 bits per heavy atom. The van der Waals surface area contributed by atoms with E-state index in [1.165, 1.54) is 19.1 Å². The first kappa shape index (κ1) is 25.1. The summed E-state index contributed by atoms with van der Waals surface area (Å²) in [7, 11) is 0. The smallest absolute Gasteiger partial charge is 0.417 e. The summed E-state index contributed by atoms with van der Waals surface area (Å²) >= 11 is 0. The third kappa shape index (κ3) is 5.31. The Kier molecular flexibility index (Phi) is 6.94. The van der Waals surface area contributed by atoms with Crippen molar-refractivity contribution < 1.29 is 27.6 Å². The van der Waals surface area contributed by atoms with Gasteiger partial charge in [0.2, 0.25) is 5.82 Å². The molecule has 0 radical (unpaired) electrons. The number of rotatable bonds is 7. The number of hydrogen-bond donors (Lipinski definition) is 1. The largest absolute Gasteiger partial charge is 0.548 e. The number of aryl methyl sites for hydroxylation is 1. The Balaban J connectivity index is 1.56. The molecule has 6 nitrogen and oxygen atoms in total. The van der Waals surface area contributed by atoms with E-state index in [-0.39, 0.29) is 17.5 Å². The van der Waals surface area contributed by atoms with Gasteiger partial charge in [-0.1, -0.05) is 53.7 Å². The van der Waals surface area contributed by atoms with Gasteiger partial charge in [0.1, 0.15) is 0 Å². The van der Waals surface area contributed by atoms with Gasteiger partial charge in [-0.3, -0.25) is 0 Å². The highest BCUT2D eigenvalue weighted by molar-refractivity contribution is 5.74. The van der Waals surface area contributed by atoms with Crippen LogP contribution in [0.25, 0.3) is 34.0 Å². The predicted octanol–water partition coefficient (Wildman–Crippen LogP) is 5.19. The van der Waals surface area contributed by atoms with Crippen molar-refractivity contribution in [2.45, 2.75) is 39.0 Å². The third-order valence-corrected chi connectivity index (χ3v) is 5.94. The van der Waals surface area contributed by atoms with Gasteiger partial charge in [-0.05, 0) is 61.2 Å². The second kappa shape index (κ2) is 9.94. The monoisotopic (exact) mass is 494 g/mol. The van der Waals surface area contributed by atoms with Gasteiger partial charge in [-0.2, -0.15) is 18.2 Å². The highest BCUT2D eigenvalue weighted by atomic mass is 19.4. The van der Waals surface area contributed by atoms with Gasteiger partial charge >= 0.3 is 6.18 Å². The second-order valence-electron chi connectivity index (χ2n) is 8.55. The summed E-state index contributed by atoms with van der Waals surface area (Å²) < 4.78 is 45.8. The molecule has 1 aromatic heterocycles. The van der Waals surface area contributed by atoms with Crippen LogP contribution in [0.4, 0.5) is 13.2 Å². The number of carbonyl (C=O) groups excluding carboxylic acids is 1. The van der Waals surface area contributed by atoms with Crippen LogP contribution in [0, 0.1) is 6.92 Å². The summed E-state index contributed by atoms with van der Waals surface area (Å²) in [6, 6.07) is 16.7. The van der Waals surface area contributed by atoms with Gasteiger partial charge < -0.3 is 19.7 Å². The third-order valence-electron chi connectivity index (χ3n) is 5.94. The molecule has 0 aliphatic carbocycles. The van der Waals surface area contributed by atoms with Gasteiger partial charge in [-0.25, -0.2) is 0 Å². The van der Waals surface area contributed by atoms with Gasteiger partial charge in [0.05, 0.1) is 11.5 Å². The highest BCUT2D eigenvalue weighted by Gasteiger charge is 2.33. The molecule has 0 bridgehead atoms. The van der Waals surface area contributed by atoms with E-state index in [0.29, 0.717) is 28.1 Å². The number of carbonyl (C=O) groups is 1. The zero-order valence-electron chi connectivity index (χ0n) is 19.8. The Hall–Kier alpha value is -3.98. The summed E-state index contributed by atoms with van der Waals surface area (Å²) in [6.45, 7) is 5.10. The quantitative estimate of drug-likeness (QED) is 0.380. The molecule has 2 atom stereocenters. The van der Waals surface area contributed by atoms with Gasteiger partial charge in [0.15, 0.2) is 0 Å². The SMILES string of the molecule is Cc1cc(-c2nc(-c3ccc([C@H](C)N[C@H](C)C(=O)[O-])cc3)no2)ccc1-c1ccccc1C(F)(F)F. The molecule has 3 aromatic carbocycles. The first-order valence-corrected chi connectivity index (χ1v) is 11.2. The lowest BCUT2D eigenvalue weighted by atomic mass is 9.94. The summed E-state index contributed by atoms with van der Waals surface area (Å²) in [4.78, 5) is 15.4. The zero-order valence-corrected chi connectivity index (χ0v) is 19.8. The Bertz CT molecular complexity index is 1380. The minimum atomic E-state index is -4.46. The molecule has 4 rings (SSSR count). The number of hydrogen-bond acceptors (Lipinski definition) is 6. The maximum absolute atomic E-state index is 13.5. The number of nitrogens with zero attached hydrogens (tertiary/aromatic N) is 2. The number of benzene rings is 3. The Labute approximate surface area is 205 Å². The van der Waals surface area contributed by atoms with Crippen molar-refractivity contribution in [2.24, 2.45) is 0 Å². The molecule has 0 unspecified atom stereocenters. The normalized spacial score (nSPS) is 13.4. The van der Waals surface area contributed by atoms with Crippen molar-refractivity contribution in [1.29, 1.82) is 0 Å². The molecule has 0 amide bonds. The van der Waals surface area contributed by atoms with E-state index < -0.39 is 23.8 Å². The van der Waals surface area contributed by atoms with Crippen LogP contribution in [0.5, 0.6) is 0 Å². The topological polar surface area (TPSA) is 91.1 Å². The maximum Gasteiger partial charge on any atom is 0.417 e. The van der Waals surface area contributed by atoms with Gasteiger partial charge in [-0.15, -0.1) is 0 Å². The first-order chi connectivity index (χ1) is 17.0. The summed E-state index contributed by atoms with van der Waals surface area (Å²) in [5, 5.41) is 17.9. The van der Waals surface area contributed by atoms with Crippen molar-refractivity contribution >= 4 is 5.97 Å². The number of carboxylic acids is 1. The molecule has 1 N–H and O–H groups in total. The lowest BCUT2D eigenvalue weighted by Crippen LogP contribution is -2.44. The molecule has 0 spiro atoms. The molecule has 4 aromatic rings. The fourth-order valence-corrected chi connectivity index (χ4v) is 3.98. The second-order valence-corrected chi connectivity index (χ2v) is 8.55. The molecule has 186 valence electrons. The summed E-state index contributed by atoms with van der Waals surface area (Å²) in [5.41, 5.74) is 2.69. The fraction of sp³-hybridized carbons (Fsp3) is 0.222. The number of carboxylic acid groups (broad SMARTS) is 1. The average molecular weight is 494 g/mol. The van der Waals surface area contributed by atoms with Crippen molar-refractivity contribution in [1.82, 2.24) is 15.5 Å². The molecule has 36 heavy (non-hydrogen) atoms. The summed E-state index contributed by atoms with van der Waals surface area (Å²) in [6.07, 6.45) is -4.46. The van der Waals surface area contributed by atoms with E-state index in [0.717, 1.165) is 11.6 Å². The Morgan fingerprint density at radius 3 is 2.28 bits per heavy atom. The molecule has 9 heteroatoms. The molecule has 1 heterocycles. The first-order valence-electron chi connectivity index (χ1n) is 11.2. The van der Waals surface area contributed by atoms with Crippen molar-refractivity contribution in [3.8, 4) is 34.0 Å². The van der Waals surface area contributed by atoms with Crippen LogP contribution in [-0.2, 0) is 11.0 Å². The van der Waals surface area contributed by atoms with Crippen molar-refractivity contribution in [3.63, 3.8) is 0 Å². The number of aromatic nitrogens is 2. The van der Waals surface area contributed by atoms with Crippen LogP contribution in [0.15, 0.2) is 71.3 Å². The highest BCUT2D eigenvalue weighted by Crippen LogP contribution is 2.38. The van der Waals surface area contributed by atoms with Crippen LogP contribution in [-0.4, -0.2) is 22.2 Å². The van der Waals surface area contributed by atoms with Crippen LogP contribution >= 0.6 is 0 Å². The minimum Gasteiger partial charge on any atom is -0.548 e. The maximum atomic E-state index is 13.5. The molecule has 0 saturated carbocycles. The van der Waals surface area contributed by atoms with E-state index in [1.54, 1.807) is 43.3 Å². The standard InChI is InChI=1S/C27H24F3N3O3/c1-15-14-20(12-13-21(15)22-6-4-5-7-23(22)27(28,29)30)25-32-24(33-36-25)19-10-8-18(9-11-19)16(2)31-17(3)26(34)35/h4-14,16-17,31H,1-3H3,(H,34,35)/p-1/t16-,17+/m0/s1. The van der Waals surface area contributed by atoms with E-state index in [4.69, 9.17) is 4.52 Å². The fourth-order valence-electron chi connectivity index (χ4n) is 3.98. The van der Waals surface area contributed by atoms with E-state index in [1.807, 2.05) is 19.1 Å². The number of alkyl halides is 3. The number of nitrogens with one attached hydrogen (secondary N) is 1. The molecular formula is C27H23F3N3O3-.